The molecule has 0 bridgehead atoms. The second-order valence-corrected chi connectivity index (χ2v) is 6.44. The quantitative estimate of drug-likeness (QED) is 0.828. The van der Waals surface area contributed by atoms with Crippen LogP contribution in [0.25, 0.3) is 0 Å². The SMILES string of the molecule is CCCN(CC1CC1)C(=O)c1cc(Cl)c2c(c1)OCCCO2. The first-order chi connectivity index (χ1) is 10.7. The maximum atomic E-state index is 12.8. The summed E-state index contributed by atoms with van der Waals surface area (Å²) >= 11 is 6.29. The van der Waals surface area contributed by atoms with Crippen molar-refractivity contribution in [1.29, 1.82) is 0 Å². The highest BCUT2D eigenvalue weighted by molar-refractivity contribution is 6.32. The number of fused-ring (bicyclic) bond motifs is 1. The highest BCUT2D eigenvalue weighted by Crippen LogP contribution is 2.38. The van der Waals surface area contributed by atoms with Gasteiger partial charge in [-0.05, 0) is 37.3 Å². The number of benzene rings is 1. The summed E-state index contributed by atoms with van der Waals surface area (Å²) in [4.78, 5) is 14.7. The highest BCUT2D eigenvalue weighted by atomic mass is 35.5. The number of carbonyl (C=O) groups is 1. The van der Waals surface area contributed by atoms with E-state index in [4.69, 9.17) is 21.1 Å². The number of hydrogen-bond acceptors (Lipinski definition) is 3. The van der Waals surface area contributed by atoms with E-state index in [1.807, 2.05) is 4.90 Å². The summed E-state index contributed by atoms with van der Waals surface area (Å²) in [6.45, 7) is 4.89. The van der Waals surface area contributed by atoms with E-state index in [0.29, 0.717) is 41.2 Å². The zero-order chi connectivity index (χ0) is 15.5. The van der Waals surface area contributed by atoms with Crippen LogP contribution in [0.1, 0.15) is 43.0 Å². The average molecular weight is 324 g/mol. The molecule has 5 heteroatoms. The molecule has 22 heavy (non-hydrogen) atoms. The van der Waals surface area contributed by atoms with Crippen molar-refractivity contribution in [2.45, 2.75) is 32.6 Å². The molecule has 1 heterocycles. The Morgan fingerprint density at radius 2 is 2.09 bits per heavy atom. The van der Waals surface area contributed by atoms with Crippen molar-refractivity contribution < 1.29 is 14.3 Å². The van der Waals surface area contributed by atoms with Gasteiger partial charge in [-0.2, -0.15) is 0 Å². The summed E-state index contributed by atoms with van der Waals surface area (Å²) in [7, 11) is 0. The van der Waals surface area contributed by atoms with Gasteiger partial charge in [-0.25, -0.2) is 0 Å². The van der Waals surface area contributed by atoms with E-state index in [2.05, 4.69) is 6.92 Å². The Morgan fingerprint density at radius 1 is 1.32 bits per heavy atom. The van der Waals surface area contributed by atoms with E-state index >= 15 is 0 Å². The van der Waals surface area contributed by atoms with Crippen molar-refractivity contribution in [2.75, 3.05) is 26.3 Å². The van der Waals surface area contributed by atoms with Crippen molar-refractivity contribution in [2.24, 2.45) is 5.92 Å². The van der Waals surface area contributed by atoms with Gasteiger partial charge >= 0.3 is 0 Å². The molecule has 0 aromatic heterocycles. The van der Waals surface area contributed by atoms with Crippen LogP contribution in [0.2, 0.25) is 5.02 Å². The van der Waals surface area contributed by atoms with E-state index in [0.717, 1.165) is 25.9 Å². The molecule has 4 nitrogen and oxygen atoms in total. The molecule has 0 radical (unpaired) electrons. The Hall–Kier alpha value is -1.42. The Morgan fingerprint density at radius 3 is 2.82 bits per heavy atom. The van der Waals surface area contributed by atoms with E-state index in [-0.39, 0.29) is 5.91 Å². The predicted octanol–water partition coefficient (Wildman–Crippen LogP) is 3.76. The zero-order valence-corrected chi connectivity index (χ0v) is 13.7. The van der Waals surface area contributed by atoms with Gasteiger partial charge in [0.2, 0.25) is 0 Å². The van der Waals surface area contributed by atoms with Gasteiger partial charge in [0.05, 0.1) is 18.2 Å². The fraction of sp³-hybridized carbons (Fsp3) is 0.588. The first-order valence-corrected chi connectivity index (χ1v) is 8.45. The molecule has 0 unspecified atom stereocenters. The molecule has 1 aromatic carbocycles. The van der Waals surface area contributed by atoms with Crippen LogP contribution >= 0.6 is 11.6 Å². The van der Waals surface area contributed by atoms with Crippen LogP contribution in [0.5, 0.6) is 11.5 Å². The maximum absolute atomic E-state index is 12.8. The molecule has 0 atom stereocenters. The number of halogens is 1. The lowest BCUT2D eigenvalue weighted by atomic mass is 10.1. The number of amides is 1. The normalized spacial score (nSPS) is 17.0. The van der Waals surface area contributed by atoms with Crippen LogP contribution < -0.4 is 9.47 Å². The second kappa shape index (κ2) is 6.78. The van der Waals surface area contributed by atoms with Gasteiger partial charge in [-0.3, -0.25) is 4.79 Å². The summed E-state index contributed by atoms with van der Waals surface area (Å²) in [6.07, 6.45) is 4.24. The molecule has 1 aliphatic heterocycles. The van der Waals surface area contributed by atoms with E-state index < -0.39 is 0 Å². The molecule has 120 valence electrons. The smallest absolute Gasteiger partial charge is 0.254 e. The van der Waals surface area contributed by atoms with E-state index in [9.17, 15) is 4.79 Å². The molecule has 0 saturated heterocycles. The fourth-order valence-corrected chi connectivity index (χ4v) is 2.96. The molecule has 1 fully saturated rings. The summed E-state index contributed by atoms with van der Waals surface area (Å²) in [5.74, 6) is 1.84. The number of ether oxygens (including phenoxy) is 2. The van der Waals surface area contributed by atoms with E-state index in [1.165, 1.54) is 12.8 Å². The van der Waals surface area contributed by atoms with Crippen LogP contribution in [0.15, 0.2) is 12.1 Å². The van der Waals surface area contributed by atoms with Crippen LogP contribution in [-0.2, 0) is 0 Å². The minimum absolute atomic E-state index is 0.0336. The van der Waals surface area contributed by atoms with Gasteiger partial charge in [-0.1, -0.05) is 18.5 Å². The van der Waals surface area contributed by atoms with Crippen molar-refractivity contribution in [3.63, 3.8) is 0 Å². The molecule has 1 amide bonds. The van der Waals surface area contributed by atoms with Crippen molar-refractivity contribution in [3.8, 4) is 11.5 Å². The predicted molar refractivity (Wildman–Crippen MR) is 86.0 cm³/mol. The highest BCUT2D eigenvalue weighted by Gasteiger charge is 2.28. The van der Waals surface area contributed by atoms with Gasteiger partial charge in [0.15, 0.2) is 11.5 Å². The summed E-state index contributed by atoms with van der Waals surface area (Å²) in [6, 6.07) is 3.47. The van der Waals surface area contributed by atoms with Crippen molar-refractivity contribution in [1.82, 2.24) is 4.90 Å². The van der Waals surface area contributed by atoms with Gasteiger partial charge in [0.25, 0.3) is 5.91 Å². The second-order valence-electron chi connectivity index (χ2n) is 6.03. The number of rotatable bonds is 5. The first kappa shape index (κ1) is 15.5. The molecule has 1 aromatic rings. The molecule has 1 saturated carbocycles. The molecule has 0 N–H and O–H groups in total. The van der Waals surface area contributed by atoms with Crippen LogP contribution in [0.4, 0.5) is 0 Å². The summed E-state index contributed by atoms with van der Waals surface area (Å²) < 4.78 is 11.3. The molecular formula is C17H22ClNO3. The Balaban J connectivity index is 1.84. The van der Waals surface area contributed by atoms with Crippen molar-refractivity contribution in [3.05, 3.63) is 22.7 Å². The van der Waals surface area contributed by atoms with Gasteiger partial charge in [0.1, 0.15) is 0 Å². The molecule has 1 aliphatic carbocycles. The third kappa shape index (κ3) is 3.49. The third-order valence-electron chi connectivity index (χ3n) is 4.01. The van der Waals surface area contributed by atoms with Crippen LogP contribution in [-0.4, -0.2) is 37.1 Å². The van der Waals surface area contributed by atoms with Gasteiger partial charge < -0.3 is 14.4 Å². The zero-order valence-electron chi connectivity index (χ0n) is 12.9. The monoisotopic (exact) mass is 323 g/mol. The fourth-order valence-electron chi connectivity index (χ4n) is 2.69. The average Bonchev–Trinajstić information content (AvgIpc) is 3.32. The largest absolute Gasteiger partial charge is 0.489 e. The minimum atomic E-state index is 0.0336. The lowest BCUT2D eigenvalue weighted by Crippen LogP contribution is -2.33. The Bertz CT molecular complexity index is 557. The van der Waals surface area contributed by atoms with Gasteiger partial charge in [0, 0.05) is 25.1 Å². The van der Waals surface area contributed by atoms with Crippen LogP contribution in [0, 0.1) is 5.92 Å². The van der Waals surface area contributed by atoms with Crippen molar-refractivity contribution >= 4 is 17.5 Å². The van der Waals surface area contributed by atoms with Crippen LogP contribution in [0.3, 0.4) is 0 Å². The van der Waals surface area contributed by atoms with E-state index in [1.54, 1.807) is 12.1 Å². The summed E-state index contributed by atoms with van der Waals surface area (Å²) in [5.41, 5.74) is 0.586. The Labute approximate surface area is 136 Å². The third-order valence-corrected chi connectivity index (χ3v) is 4.29. The number of hydrogen-bond donors (Lipinski definition) is 0. The molecular weight excluding hydrogens is 302 g/mol. The first-order valence-electron chi connectivity index (χ1n) is 8.07. The topological polar surface area (TPSA) is 38.8 Å². The number of carbonyl (C=O) groups excluding carboxylic acids is 1. The lowest BCUT2D eigenvalue weighted by molar-refractivity contribution is 0.0747. The lowest BCUT2D eigenvalue weighted by Gasteiger charge is -2.23. The Kier molecular flexibility index (Phi) is 4.77. The number of nitrogens with zero attached hydrogens (tertiary/aromatic N) is 1. The summed E-state index contributed by atoms with van der Waals surface area (Å²) in [5, 5.41) is 0.450. The minimum Gasteiger partial charge on any atom is -0.489 e. The maximum Gasteiger partial charge on any atom is 0.254 e. The standard InChI is InChI=1S/C17H22ClNO3/c1-2-6-19(11-12-4-5-12)17(20)13-9-14(18)16-15(10-13)21-7-3-8-22-16/h9-10,12H,2-8,11H2,1H3. The van der Waals surface area contributed by atoms with Gasteiger partial charge in [-0.15, -0.1) is 0 Å². The molecule has 3 rings (SSSR count). The molecule has 0 spiro atoms. The molecule has 2 aliphatic rings.